The van der Waals surface area contributed by atoms with Crippen LogP contribution in [-0.2, 0) is 19.1 Å². The summed E-state index contributed by atoms with van der Waals surface area (Å²) in [6, 6.07) is 9.81. The first-order chi connectivity index (χ1) is 13.8. The lowest BCUT2D eigenvalue weighted by molar-refractivity contribution is -0.223. The number of halogens is 1. The number of esters is 1. The number of Topliss-reactive ketones (excluding diaryl/α,β-unsaturated/α-hetero) is 1. The summed E-state index contributed by atoms with van der Waals surface area (Å²) in [5.41, 5.74) is 1.05. The van der Waals surface area contributed by atoms with Crippen molar-refractivity contribution in [2.45, 2.75) is 25.7 Å². The summed E-state index contributed by atoms with van der Waals surface area (Å²) >= 11 is 3.31. The number of aliphatic hydroxyl groups excluding tert-OH is 1. The molecular weight excluding hydrogens is 440 g/mol. The summed E-state index contributed by atoms with van der Waals surface area (Å²) in [6.45, 7) is 6.09. The Morgan fingerprint density at radius 2 is 1.72 bits per heavy atom. The first-order valence-corrected chi connectivity index (χ1v) is 10.4. The Morgan fingerprint density at radius 1 is 1.07 bits per heavy atom. The van der Waals surface area contributed by atoms with Gasteiger partial charge in [0.05, 0.1) is 10.4 Å². The van der Waals surface area contributed by atoms with Crippen molar-refractivity contribution in [2.24, 2.45) is 5.92 Å². The van der Waals surface area contributed by atoms with Gasteiger partial charge in [0.25, 0.3) is 11.7 Å². The number of carbonyl (C=O) groups is 2. The highest BCUT2D eigenvalue weighted by Crippen LogP contribution is 2.39. The molecular formula is C21H23BrN2O5. The Balaban J connectivity index is 1.55. The quantitative estimate of drug-likeness (QED) is 0.691. The fourth-order valence-electron chi connectivity index (χ4n) is 4.10. The molecule has 0 aromatic heterocycles. The van der Waals surface area contributed by atoms with Crippen LogP contribution < -0.4 is 4.90 Å². The minimum Gasteiger partial charge on any atom is -0.480 e. The molecule has 154 valence electrons. The molecule has 2 heterocycles. The Labute approximate surface area is 177 Å². The second-order valence-electron chi connectivity index (χ2n) is 7.82. The highest BCUT2D eigenvalue weighted by Gasteiger charge is 2.49. The molecule has 2 atom stereocenters. The smallest absolute Gasteiger partial charge is 0.345 e. The first kappa shape index (κ1) is 20.0. The van der Waals surface area contributed by atoms with Crippen molar-refractivity contribution in [3.63, 3.8) is 0 Å². The molecule has 8 heteroatoms. The number of cyclic esters (lactones) is 1. The third-order valence-electron chi connectivity index (χ3n) is 5.48. The maximum atomic E-state index is 12.8. The number of ketones is 1. The number of carbonyl (C=O) groups excluding carboxylic acids is 2. The van der Waals surface area contributed by atoms with Crippen molar-refractivity contribution in [2.75, 3.05) is 31.1 Å². The molecule has 0 bridgehead atoms. The van der Waals surface area contributed by atoms with E-state index in [-0.39, 0.29) is 17.4 Å². The Hall–Kier alpha value is -2.32. The van der Waals surface area contributed by atoms with Crippen LogP contribution in [0.1, 0.15) is 13.8 Å². The molecule has 3 aliphatic rings. The molecule has 0 radical (unpaired) electrons. The first-order valence-electron chi connectivity index (χ1n) is 9.58. The van der Waals surface area contributed by atoms with Crippen LogP contribution in [-0.4, -0.2) is 59.8 Å². The zero-order valence-electron chi connectivity index (χ0n) is 16.3. The number of nitrogens with zero attached hydrogens (tertiary/aromatic N) is 2. The third-order valence-corrected chi connectivity index (χ3v) is 6.13. The predicted octanol–water partition coefficient (Wildman–Crippen LogP) is 2.73. The number of anilines is 1. The molecule has 4 rings (SSSR count). The molecule has 0 amide bonds. The van der Waals surface area contributed by atoms with Gasteiger partial charge in [-0.15, -0.1) is 0 Å². The summed E-state index contributed by atoms with van der Waals surface area (Å²) in [4.78, 5) is 29.9. The monoisotopic (exact) mass is 462 g/mol. The van der Waals surface area contributed by atoms with Crippen molar-refractivity contribution >= 4 is 33.4 Å². The van der Waals surface area contributed by atoms with E-state index in [1.165, 1.54) is 13.8 Å². The minimum absolute atomic E-state index is 0.115. The van der Waals surface area contributed by atoms with E-state index in [9.17, 15) is 14.7 Å². The van der Waals surface area contributed by atoms with E-state index in [2.05, 4.69) is 37.9 Å². The van der Waals surface area contributed by atoms with Crippen molar-refractivity contribution in [1.82, 2.24) is 4.90 Å². The molecule has 1 N–H and O–H groups in total. The van der Waals surface area contributed by atoms with E-state index < -0.39 is 23.6 Å². The number of ether oxygens (including phenoxy) is 2. The fraction of sp³-hybridized carbons (Fsp3) is 0.429. The Kier molecular flexibility index (Phi) is 5.16. The maximum absolute atomic E-state index is 12.8. The van der Waals surface area contributed by atoms with Gasteiger partial charge in [-0.2, -0.15) is 0 Å². The average molecular weight is 463 g/mol. The second-order valence-corrected chi connectivity index (χ2v) is 8.67. The summed E-state index contributed by atoms with van der Waals surface area (Å²) in [5.74, 6) is -3.65. The third kappa shape index (κ3) is 3.79. The van der Waals surface area contributed by atoms with E-state index in [1.54, 1.807) is 6.08 Å². The van der Waals surface area contributed by atoms with Gasteiger partial charge >= 0.3 is 5.97 Å². The number of piperazine rings is 1. The lowest BCUT2D eigenvalue weighted by Crippen LogP contribution is -2.53. The van der Waals surface area contributed by atoms with Crippen molar-refractivity contribution < 1.29 is 24.2 Å². The van der Waals surface area contributed by atoms with E-state index >= 15 is 0 Å². The topological polar surface area (TPSA) is 79.3 Å². The van der Waals surface area contributed by atoms with Crippen LogP contribution in [0.4, 0.5) is 5.69 Å². The van der Waals surface area contributed by atoms with E-state index in [0.717, 1.165) is 31.9 Å². The number of hydrogen-bond acceptors (Lipinski definition) is 7. The van der Waals surface area contributed by atoms with Crippen LogP contribution in [0, 0.1) is 5.92 Å². The largest absolute Gasteiger partial charge is 0.480 e. The summed E-state index contributed by atoms with van der Waals surface area (Å²) in [6.07, 6.45) is 1.80. The van der Waals surface area contributed by atoms with Crippen LogP contribution >= 0.6 is 15.9 Å². The van der Waals surface area contributed by atoms with Crippen molar-refractivity contribution in [3.8, 4) is 0 Å². The van der Waals surface area contributed by atoms with Gasteiger partial charge in [0, 0.05) is 51.8 Å². The maximum Gasteiger partial charge on any atom is 0.345 e. The molecule has 1 aromatic carbocycles. The lowest BCUT2D eigenvalue weighted by atomic mass is 9.90. The van der Waals surface area contributed by atoms with Gasteiger partial charge in [-0.25, -0.2) is 4.79 Å². The zero-order valence-corrected chi connectivity index (χ0v) is 17.9. The van der Waals surface area contributed by atoms with Crippen LogP contribution in [0.15, 0.2) is 52.4 Å². The summed E-state index contributed by atoms with van der Waals surface area (Å²) < 4.78 is 11.0. The number of aliphatic hydroxyl groups is 1. The number of benzene rings is 1. The number of rotatable bonds is 3. The number of para-hydroxylation sites is 1. The molecule has 0 unspecified atom stereocenters. The van der Waals surface area contributed by atoms with Crippen LogP contribution in [0.5, 0.6) is 0 Å². The van der Waals surface area contributed by atoms with Crippen molar-refractivity contribution in [3.05, 3.63) is 52.4 Å². The summed E-state index contributed by atoms with van der Waals surface area (Å²) in [5, 5.41) is 10.4. The van der Waals surface area contributed by atoms with Gasteiger partial charge in [0.1, 0.15) is 5.57 Å². The molecule has 0 spiro atoms. The molecule has 7 nitrogen and oxygen atoms in total. The zero-order chi connectivity index (χ0) is 20.8. The Morgan fingerprint density at radius 3 is 2.34 bits per heavy atom. The normalized spacial score (nSPS) is 27.6. The van der Waals surface area contributed by atoms with Crippen molar-refractivity contribution in [1.29, 1.82) is 0 Å². The van der Waals surface area contributed by atoms with Gasteiger partial charge < -0.3 is 19.5 Å². The predicted molar refractivity (Wildman–Crippen MR) is 110 cm³/mol. The van der Waals surface area contributed by atoms with Gasteiger partial charge in [0.2, 0.25) is 0 Å². The SMILES string of the molecule is CC1(C)OC(=O)C([C@@H]2C(=O)C(Br)=C[C@H]2N2CCN(c3ccccc3)CC2)=C(O)O1. The van der Waals surface area contributed by atoms with Crippen LogP contribution in [0.3, 0.4) is 0 Å². The van der Waals surface area contributed by atoms with E-state index in [4.69, 9.17) is 9.47 Å². The minimum atomic E-state index is -1.27. The molecule has 1 fully saturated rings. The summed E-state index contributed by atoms with van der Waals surface area (Å²) in [7, 11) is 0. The molecule has 1 aliphatic carbocycles. The number of allylic oxidation sites excluding steroid dienone is 1. The second kappa shape index (κ2) is 7.50. The standard InChI is InChI=1S/C21H23BrN2O5/c1-21(2)28-19(26)17(20(27)29-21)16-15(12-14(22)18(16)25)24-10-8-23(9-11-24)13-6-4-3-5-7-13/h3-7,12,15-16,26H,8-11H2,1-2H3/t15-,16-/m1/s1. The molecule has 2 aliphatic heterocycles. The molecule has 1 saturated heterocycles. The fourth-order valence-corrected chi connectivity index (χ4v) is 4.62. The van der Waals surface area contributed by atoms with Gasteiger partial charge in [-0.3, -0.25) is 9.69 Å². The van der Waals surface area contributed by atoms with Gasteiger partial charge in [0.15, 0.2) is 5.78 Å². The highest BCUT2D eigenvalue weighted by molar-refractivity contribution is 9.12. The average Bonchev–Trinajstić information content (AvgIpc) is 2.96. The Bertz CT molecular complexity index is 888. The highest BCUT2D eigenvalue weighted by atomic mass is 79.9. The molecule has 0 saturated carbocycles. The lowest BCUT2D eigenvalue weighted by Gasteiger charge is -2.41. The van der Waals surface area contributed by atoms with E-state index in [0.29, 0.717) is 4.48 Å². The van der Waals surface area contributed by atoms with E-state index in [1.807, 2.05) is 18.2 Å². The molecule has 1 aromatic rings. The number of hydrogen-bond donors (Lipinski definition) is 1. The molecule has 29 heavy (non-hydrogen) atoms. The van der Waals surface area contributed by atoms with Gasteiger partial charge in [-0.05, 0) is 34.1 Å². The van der Waals surface area contributed by atoms with Crippen LogP contribution in [0.25, 0.3) is 0 Å². The van der Waals surface area contributed by atoms with Gasteiger partial charge in [-0.1, -0.05) is 18.2 Å². The van der Waals surface area contributed by atoms with Crippen LogP contribution in [0.2, 0.25) is 0 Å².